The molecule has 9 heteroatoms. The van der Waals surface area contributed by atoms with E-state index in [1.165, 1.54) is 12.1 Å². The maximum Gasteiger partial charge on any atom is 0.276 e. The number of benzene rings is 2. The second kappa shape index (κ2) is 9.35. The molecule has 1 fully saturated rings. The van der Waals surface area contributed by atoms with Crippen molar-refractivity contribution in [1.29, 1.82) is 0 Å². The summed E-state index contributed by atoms with van der Waals surface area (Å²) < 4.78 is 14.9. The molecular weight excluding hydrogens is 416 g/mol. The number of hydrogen-bond acceptors (Lipinski definition) is 4. The number of carbonyl (C=O) groups excluding carboxylic acids is 1. The van der Waals surface area contributed by atoms with E-state index in [0.717, 1.165) is 11.1 Å². The van der Waals surface area contributed by atoms with Gasteiger partial charge in [-0.05, 0) is 35.4 Å². The normalized spacial score (nSPS) is 16.3. The Hall–Kier alpha value is -2.48. The van der Waals surface area contributed by atoms with Gasteiger partial charge in [0.05, 0.1) is 18.8 Å². The van der Waals surface area contributed by atoms with Crippen LogP contribution in [0.2, 0.25) is 5.02 Å². The zero-order chi connectivity index (χ0) is 19.5. The summed E-state index contributed by atoms with van der Waals surface area (Å²) in [6.07, 6.45) is 1.60. The summed E-state index contributed by atoms with van der Waals surface area (Å²) in [5.41, 5.74) is 1.99. The van der Waals surface area contributed by atoms with E-state index in [9.17, 15) is 9.18 Å². The first-order valence-corrected chi connectivity index (χ1v) is 9.40. The van der Waals surface area contributed by atoms with E-state index in [4.69, 9.17) is 11.6 Å². The fraction of sp³-hybridized carbons (Fsp3) is 0.250. The molecule has 0 saturated carbocycles. The van der Waals surface area contributed by atoms with Crippen molar-refractivity contribution >= 4 is 29.9 Å². The molecule has 3 aromatic rings. The van der Waals surface area contributed by atoms with Crippen molar-refractivity contribution < 1.29 is 9.18 Å². The SMILES string of the molecule is Cl.O=C(c1cn(Cc2cccc(F)c2)nn1)N1CCNCC1c1cccc(Cl)c1. The maximum absolute atomic E-state index is 13.4. The van der Waals surface area contributed by atoms with Gasteiger partial charge in [0.2, 0.25) is 0 Å². The number of piperazine rings is 1. The van der Waals surface area contributed by atoms with Crippen molar-refractivity contribution in [2.45, 2.75) is 12.6 Å². The van der Waals surface area contributed by atoms with Crippen LogP contribution in [0.1, 0.15) is 27.7 Å². The van der Waals surface area contributed by atoms with Crippen LogP contribution in [0.15, 0.2) is 54.7 Å². The van der Waals surface area contributed by atoms with E-state index in [2.05, 4.69) is 15.6 Å². The first kappa shape index (κ1) is 21.2. The molecule has 1 amide bonds. The molecule has 2 heterocycles. The Morgan fingerprint density at radius 1 is 1.24 bits per heavy atom. The topological polar surface area (TPSA) is 63.1 Å². The molecule has 152 valence electrons. The monoisotopic (exact) mass is 435 g/mol. The second-order valence-corrected chi connectivity index (χ2v) is 7.14. The Morgan fingerprint density at radius 2 is 2.07 bits per heavy atom. The minimum atomic E-state index is -0.306. The summed E-state index contributed by atoms with van der Waals surface area (Å²) in [6, 6.07) is 13.7. The highest BCUT2D eigenvalue weighted by atomic mass is 35.5. The summed E-state index contributed by atoms with van der Waals surface area (Å²) in [6.45, 7) is 2.26. The van der Waals surface area contributed by atoms with Gasteiger partial charge in [0.1, 0.15) is 5.82 Å². The van der Waals surface area contributed by atoms with E-state index < -0.39 is 0 Å². The number of rotatable bonds is 4. The van der Waals surface area contributed by atoms with Gasteiger partial charge in [-0.25, -0.2) is 9.07 Å². The van der Waals surface area contributed by atoms with Crippen LogP contribution < -0.4 is 5.32 Å². The van der Waals surface area contributed by atoms with Gasteiger partial charge in [0, 0.05) is 24.7 Å². The van der Waals surface area contributed by atoms with Crippen LogP contribution in [0.5, 0.6) is 0 Å². The Labute approximate surface area is 179 Å². The molecule has 1 unspecified atom stereocenters. The molecule has 1 aliphatic heterocycles. The molecule has 1 atom stereocenters. The molecule has 1 aromatic heterocycles. The van der Waals surface area contributed by atoms with Crippen molar-refractivity contribution in [1.82, 2.24) is 25.2 Å². The lowest BCUT2D eigenvalue weighted by Crippen LogP contribution is -2.48. The molecule has 1 saturated heterocycles. The highest BCUT2D eigenvalue weighted by Crippen LogP contribution is 2.26. The maximum atomic E-state index is 13.4. The van der Waals surface area contributed by atoms with Crippen molar-refractivity contribution in [3.63, 3.8) is 0 Å². The third-order valence-corrected chi connectivity index (χ3v) is 4.96. The molecule has 4 rings (SSSR count). The van der Waals surface area contributed by atoms with Crippen molar-refractivity contribution in [3.8, 4) is 0 Å². The third kappa shape index (κ3) is 4.93. The highest BCUT2D eigenvalue weighted by molar-refractivity contribution is 6.30. The first-order valence-electron chi connectivity index (χ1n) is 9.02. The summed E-state index contributed by atoms with van der Waals surface area (Å²) in [5, 5.41) is 12.0. The average molecular weight is 436 g/mol. The minimum absolute atomic E-state index is 0. The molecule has 0 spiro atoms. The molecule has 0 aliphatic carbocycles. The van der Waals surface area contributed by atoms with Gasteiger partial charge in [-0.15, -0.1) is 17.5 Å². The molecule has 1 N–H and O–H groups in total. The number of nitrogens with one attached hydrogen (secondary N) is 1. The van der Waals surface area contributed by atoms with Crippen molar-refractivity contribution in [3.05, 3.63) is 82.4 Å². The Balaban J connectivity index is 0.00000240. The van der Waals surface area contributed by atoms with Gasteiger partial charge in [0.25, 0.3) is 5.91 Å². The van der Waals surface area contributed by atoms with Crippen LogP contribution in [0.4, 0.5) is 4.39 Å². The van der Waals surface area contributed by atoms with E-state index in [0.29, 0.717) is 31.2 Å². The lowest BCUT2D eigenvalue weighted by molar-refractivity contribution is 0.0628. The summed E-state index contributed by atoms with van der Waals surface area (Å²) in [5.74, 6) is -0.490. The Bertz CT molecular complexity index is 996. The Morgan fingerprint density at radius 3 is 2.86 bits per heavy atom. The van der Waals surface area contributed by atoms with Gasteiger partial charge in [-0.2, -0.15) is 0 Å². The average Bonchev–Trinajstić information content (AvgIpc) is 3.16. The van der Waals surface area contributed by atoms with Crippen LogP contribution in [0.3, 0.4) is 0 Å². The van der Waals surface area contributed by atoms with E-state index in [1.54, 1.807) is 27.9 Å². The van der Waals surface area contributed by atoms with Crippen LogP contribution in [0, 0.1) is 5.82 Å². The van der Waals surface area contributed by atoms with Gasteiger partial charge in [-0.1, -0.05) is 41.1 Å². The molecule has 29 heavy (non-hydrogen) atoms. The zero-order valence-electron chi connectivity index (χ0n) is 15.5. The smallest absolute Gasteiger partial charge is 0.276 e. The molecule has 2 aromatic carbocycles. The van der Waals surface area contributed by atoms with Crippen molar-refractivity contribution in [2.75, 3.05) is 19.6 Å². The molecule has 0 radical (unpaired) electrons. The van der Waals surface area contributed by atoms with Gasteiger partial charge in [-0.3, -0.25) is 4.79 Å². The lowest BCUT2D eigenvalue weighted by atomic mass is 10.0. The van der Waals surface area contributed by atoms with Crippen LogP contribution >= 0.6 is 24.0 Å². The standard InChI is InChI=1S/C20H19ClFN5O.ClH/c21-16-5-2-4-15(10-16)19-11-23-7-8-27(19)20(28)18-13-26(25-24-18)12-14-3-1-6-17(22)9-14;/h1-6,9-10,13,19,23H,7-8,11-12H2;1H. The fourth-order valence-electron chi connectivity index (χ4n) is 3.40. The summed E-state index contributed by atoms with van der Waals surface area (Å²) in [7, 11) is 0. The first-order chi connectivity index (χ1) is 13.6. The molecule has 6 nitrogen and oxygen atoms in total. The predicted molar refractivity (Wildman–Crippen MR) is 111 cm³/mol. The van der Waals surface area contributed by atoms with E-state index in [1.807, 2.05) is 24.3 Å². The lowest BCUT2D eigenvalue weighted by Gasteiger charge is -2.36. The number of aromatic nitrogens is 3. The van der Waals surface area contributed by atoms with E-state index in [-0.39, 0.29) is 35.9 Å². The fourth-order valence-corrected chi connectivity index (χ4v) is 3.60. The van der Waals surface area contributed by atoms with Crippen molar-refractivity contribution in [2.24, 2.45) is 0 Å². The summed E-state index contributed by atoms with van der Waals surface area (Å²) >= 11 is 6.12. The largest absolute Gasteiger partial charge is 0.328 e. The molecular formula is C20H20Cl2FN5O. The highest BCUT2D eigenvalue weighted by Gasteiger charge is 2.30. The number of carbonyl (C=O) groups is 1. The number of nitrogens with zero attached hydrogens (tertiary/aromatic N) is 4. The van der Waals surface area contributed by atoms with Crippen LogP contribution in [-0.2, 0) is 6.54 Å². The summed E-state index contributed by atoms with van der Waals surface area (Å²) in [4.78, 5) is 14.9. The van der Waals surface area contributed by atoms with Crippen LogP contribution in [-0.4, -0.2) is 45.4 Å². The second-order valence-electron chi connectivity index (χ2n) is 6.70. The Kier molecular flexibility index (Phi) is 6.84. The third-order valence-electron chi connectivity index (χ3n) is 4.73. The quantitative estimate of drug-likeness (QED) is 0.682. The van der Waals surface area contributed by atoms with Gasteiger partial charge < -0.3 is 10.2 Å². The minimum Gasteiger partial charge on any atom is -0.328 e. The number of hydrogen-bond donors (Lipinski definition) is 1. The van der Waals surface area contributed by atoms with Gasteiger partial charge in [0.15, 0.2) is 5.69 Å². The number of halogens is 3. The molecule has 1 aliphatic rings. The van der Waals surface area contributed by atoms with E-state index >= 15 is 0 Å². The predicted octanol–water partition coefficient (Wildman–Crippen LogP) is 3.33. The van der Waals surface area contributed by atoms with Crippen LogP contribution in [0.25, 0.3) is 0 Å². The van der Waals surface area contributed by atoms with Gasteiger partial charge >= 0.3 is 0 Å². The molecule has 0 bridgehead atoms. The number of amides is 1. The zero-order valence-corrected chi connectivity index (χ0v) is 17.0.